The molecule has 2 aromatic carbocycles. The number of piperazine rings is 1. The van der Waals surface area contributed by atoms with Crippen LogP contribution in [0.15, 0.2) is 36.4 Å². The van der Waals surface area contributed by atoms with Crippen molar-refractivity contribution in [2.75, 3.05) is 31.9 Å². The lowest BCUT2D eigenvalue weighted by Crippen LogP contribution is -2.46. The number of aryl methyl sites for hydroxylation is 1. The monoisotopic (exact) mass is 413 g/mol. The fraction of sp³-hybridized carbons (Fsp3) is 0.320. The lowest BCUT2D eigenvalue weighted by atomic mass is 9.85. The summed E-state index contributed by atoms with van der Waals surface area (Å²) in [5.74, 6) is 0.0904. The highest BCUT2D eigenvalue weighted by Gasteiger charge is 2.22. The number of fused-ring (bicyclic) bond motifs is 3. The highest BCUT2D eigenvalue weighted by Crippen LogP contribution is 2.37. The van der Waals surface area contributed by atoms with E-state index in [1.807, 2.05) is 41.3 Å². The van der Waals surface area contributed by atoms with Crippen molar-refractivity contribution in [1.29, 1.82) is 5.41 Å². The van der Waals surface area contributed by atoms with E-state index in [0.717, 1.165) is 85.1 Å². The molecule has 2 aliphatic rings. The zero-order valence-corrected chi connectivity index (χ0v) is 17.6. The Labute approximate surface area is 182 Å². The lowest BCUT2D eigenvalue weighted by molar-refractivity contribution is 0.0736. The molecule has 1 saturated heterocycles. The fourth-order valence-electron chi connectivity index (χ4n) is 4.88. The van der Waals surface area contributed by atoms with E-state index in [1.165, 1.54) is 17.3 Å². The van der Waals surface area contributed by atoms with Crippen LogP contribution in [0, 0.1) is 5.41 Å². The second-order valence-electron chi connectivity index (χ2n) is 8.35. The molecule has 1 aromatic heterocycles. The van der Waals surface area contributed by atoms with E-state index >= 15 is 0 Å². The van der Waals surface area contributed by atoms with E-state index in [2.05, 4.69) is 5.32 Å². The van der Waals surface area contributed by atoms with Gasteiger partial charge >= 0.3 is 0 Å². The third kappa shape index (κ3) is 3.47. The Morgan fingerprint density at radius 3 is 2.45 bits per heavy atom. The number of aromatic nitrogens is 1. The quantitative estimate of drug-likeness (QED) is 0.453. The Morgan fingerprint density at radius 1 is 1.03 bits per heavy atom. The van der Waals surface area contributed by atoms with Crippen molar-refractivity contribution in [3.8, 4) is 11.3 Å². The first kappa shape index (κ1) is 19.7. The molecule has 1 aliphatic heterocycles. The fourth-order valence-corrected chi connectivity index (χ4v) is 4.88. The Kier molecular flexibility index (Phi) is 5.16. The van der Waals surface area contributed by atoms with Crippen molar-refractivity contribution < 1.29 is 4.79 Å². The number of hydrogen-bond donors (Lipinski definition) is 3. The van der Waals surface area contributed by atoms with Gasteiger partial charge in [0, 0.05) is 60.2 Å². The SMILES string of the molecule is N=Cc1c(N)ccc2nc(-c3ccc(C(=O)N4CCNCC4)cc3)c3c(c12)CCCC3. The lowest BCUT2D eigenvalue weighted by Gasteiger charge is -2.27. The van der Waals surface area contributed by atoms with E-state index in [9.17, 15) is 4.79 Å². The summed E-state index contributed by atoms with van der Waals surface area (Å²) in [4.78, 5) is 19.7. The van der Waals surface area contributed by atoms with Crippen molar-refractivity contribution in [3.63, 3.8) is 0 Å². The van der Waals surface area contributed by atoms with Gasteiger partial charge in [-0.3, -0.25) is 4.79 Å². The van der Waals surface area contributed by atoms with Crippen molar-refractivity contribution in [1.82, 2.24) is 15.2 Å². The Balaban J connectivity index is 1.58. The predicted octanol–water partition coefficient (Wildman–Crippen LogP) is 3.41. The average Bonchev–Trinajstić information content (AvgIpc) is 2.84. The van der Waals surface area contributed by atoms with Crippen LogP contribution in [0.3, 0.4) is 0 Å². The van der Waals surface area contributed by atoms with Gasteiger partial charge in [0.1, 0.15) is 0 Å². The molecule has 2 heterocycles. The molecule has 0 unspecified atom stereocenters. The molecule has 1 aliphatic carbocycles. The molecule has 1 amide bonds. The van der Waals surface area contributed by atoms with Gasteiger partial charge in [-0.15, -0.1) is 0 Å². The first-order valence-electron chi connectivity index (χ1n) is 11.0. The van der Waals surface area contributed by atoms with Crippen LogP contribution in [0.25, 0.3) is 22.2 Å². The van der Waals surface area contributed by atoms with Crippen LogP contribution < -0.4 is 11.1 Å². The van der Waals surface area contributed by atoms with Crippen LogP contribution in [0.2, 0.25) is 0 Å². The van der Waals surface area contributed by atoms with Crippen LogP contribution in [-0.4, -0.2) is 48.2 Å². The van der Waals surface area contributed by atoms with Gasteiger partial charge in [-0.25, -0.2) is 4.98 Å². The number of hydrogen-bond acceptors (Lipinski definition) is 5. The van der Waals surface area contributed by atoms with Gasteiger partial charge in [-0.05, 0) is 61.1 Å². The minimum Gasteiger partial charge on any atom is -0.398 e. The molecule has 1 fully saturated rings. The van der Waals surface area contributed by atoms with Gasteiger partial charge in [-0.2, -0.15) is 0 Å². The zero-order chi connectivity index (χ0) is 21.4. The topological polar surface area (TPSA) is 95.1 Å². The Bertz CT molecular complexity index is 1160. The van der Waals surface area contributed by atoms with Gasteiger partial charge in [0.2, 0.25) is 0 Å². The van der Waals surface area contributed by atoms with Gasteiger partial charge in [0.15, 0.2) is 0 Å². The molecule has 4 N–H and O–H groups in total. The summed E-state index contributed by atoms with van der Waals surface area (Å²) in [6.45, 7) is 3.19. The van der Waals surface area contributed by atoms with Gasteiger partial charge < -0.3 is 21.4 Å². The minimum absolute atomic E-state index is 0.0904. The molecule has 6 nitrogen and oxygen atoms in total. The van der Waals surface area contributed by atoms with E-state index in [-0.39, 0.29) is 5.91 Å². The van der Waals surface area contributed by atoms with Gasteiger partial charge in [0.05, 0.1) is 11.2 Å². The number of anilines is 1. The summed E-state index contributed by atoms with van der Waals surface area (Å²) in [7, 11) is 0. The standard InChI is InChI=1S/C25H27N5O/c26-15-20-21(27)9-10-22-23(20)18-3-1-2-4-19(18)24(29-22)16-5-7-17(8-6-16)25(31)30-13-11-28-12-14-30/h5-10,15,26,28H,1-4,11-14,27H2. The third-order valence-corrected chi connectivity index (χ3v) is 6.50. The Morgan fingerprint density at radius 2 is 1.74 bits per heavy atom. The minimum atomic E-state index is 0.0904. The maximum atomic E-state index is 12.8. The maximum Gasteiger partial charge on any atom is 0.253 e. The van der Waals surface area contributed by atoms with Crippen LogP contribution in [-0.2, 0) is 12.8 Å². The summed E-state index contributed by atoms with van der Waals surface area (Å²) in [5.41, 5.74) is 13.7. The highest BCUT2D eigenvalue weighted by atomic mass is 16.2. The largest absolute Gasteiger partial charge is 0.398 e. The van der Waals surface area contributed by atoms with Crippen molar-refractivity contribution in [2.24, 2.45) is 0 Å². The molecule has 158 valence electrons. The number of rotatable bonds is 3. The van der Waals surface area contributed by atoms with Gasteiger partial charge in [0.25, 0.3) is 5.91 Å². The molecular weight excluding hydrogens is 386 g/mol. The third-order valence-electron chi connectivity index (χ3n) is 6.50. The molecule has 0 spiro atoms. The Hall–Kier alpha value is -3.25. The number of nitrogens with two attached hydrogens (primary N) is 1. The normalized spacial score (nSPS) is 16.2. The molecule has 6 heteroatoms. The zero-order valence-electron chi connectivity index (χ0n) is 17.6. The van der Waals surface area contributed by atoms with Crippen molar-refractivity contribution in [2.45, 2.75) is 25.7 Å². The second-order valence-corrected chi connectivity index (χ2v) is 8.35. The summed E-state index contributed by atoms with van der Waals surface area (Å²) < 4.78 is 0. The van der Waals surface area contributed by atoms with Crippen LogP contribution in [0.1, 0.15) is 39.9 Å². The molecule has 0 bridgehead atoms. The maximum absolute atomic E-state index is 12.8. The number of nitrogens with zero attached hydrogens (tertiary/aromatic N) is 2. The van der Waals surface area contributed by atoms with Crippen molar-refractivity contribution >= 4 is 28.7 Å². The van der Waals surface area contributed by atoms with E-state index in [0.29, 0.717) is 5.69 Å². The first-order chi connectivity index (χ1) is 15.2. The number of nitrogen functional groups attached to an aromatic ring is 1. The predicted molar refractivity (Wildman–Crippen MR) is 125 cm³/mol. The van der Waals surface area contributed by atoms with Gasteiger partial charge in [-0.1, -0.05) is 12.1 Å². The number of pyridine rings is 1. The number of nitrogens with one attached hydrogen (secondary N) is 2. The summed E-state index contributed by atoms with van der Waals surface area (Å²) in [6, 6.07) is 11.7. The van der Waals surface area contributed by atoms with E-state index < -0.39 is 0 Å². The number of benzene rings is 2. The molecule has 3 aromatic rings. The molecular formula is C25H27N5O. The number of carbonyl (C=O) groups is 1. The highest BCUT2D eigenvalue weighted by molar-refractivity contribution is 6.05. The summed E-state index contributed by atoms with van der Waals surface area (Å²) in [5, 5.41) is 12.2. The summed E-state index contributed by atoms with van der Waals surface area (Å²) in [6.07, 6.45) is 5.57. The smallest absolute Gasteiger partial charge is 0.253 e. The van der Waals surface area contributed by atoms with Crippen LogP contribution in [0.5, 0.6) is 0 Å². The van der Waals surface area contributed by atoms with Crippen molar-refractivity contribution in [3.05, 3.63) is 58.7 Å². The van der Waals surface area contributed by atoms with Crippen LogP contribution >= 0.6 is 0 Å². The molecule has 5 rings (SSSR count). The number of carbonyl (C=O) groups excluding carboxylic acids is 1. The molecule has 0 radical (unpaired) electrons. The van der Waals surface area contributed by atoms with E-state index in [4.69, 9.17) is 16.1 Å². The molecule has 31 heavy (non-hydrogen) atoms. The average molecular weight is 414 g/mol. The second kappa shape index (κ2) is 8.12. The first-order valence-corrected chi connectivity index (χ1v) is 11.0. The molecule has 0 atom stereocenters. The van der Waals surface area contributed by atoms with E-state index in [1.54, 1.807) is 0 Å². The summed E-state index contributed by atoms with van der Waals surface area (Å²) >= 11 is 0. The molecule has 0 saturated carbocycles. The van der Waals surface area contributed by atoms with Crippen LogP contribution in [0.4, 0.5) is 5.69 Å². The number of amides is 1.